The molecule has 0 bridgehead atoms. The quantitative estimate of drug-likeness (QED) is 0.502. The van der Waals surface area contributed by atoms with Gasteiger partial charge >= 0.3 is 0 Å². The minimum Gasteiger partial charge on any atom is -0.354 e. The van der Waals surface area contributed by atoms with Crippen molar-refractivity contribution in [3.63, 3.8) is 0 Å². The van der Waals surface area contributed by atoms with E-state index in [1.54, 1.807) is 4.90 Å². The van der Waals surface area contributed by atoms with Crippen molar-refractivity contribution in [2.24, 2.45) is 5.92 Å². The van der Waals surface area contributed by atoms with Gasteiger partial charge in [0.2, 0.25) is 11.8 Å². The highest BCUT2D eigenvalue weighted by Gasteiger charge is 2.28. The zero-order valence-corrected chi connectivity index (χ0v) is 19.7. The molecular formula is C24H31ClN2O2S. The molecule has 0 aliphatic carbocycles. The Bertz CT molecular complexity index is 822. The Balaban J connectivity index is 2.17. The highest BCUT2D eigenvalue weighted by Crippen LogP contribution is 2.22. The molecule has 2 aromatic carbocycles. The monoisotopic (exact) mass is 446 g/mol. The molecule has 0 aromatic heterocycles. The molecule has 4 nitrogen and oxygen atoms in total. The van der Waals surface area contributed by atoms with Crippen molar-refractivity contribution in [2.75, 3.05) is 12.3 Å². The lowest BCUT2D eigenvalue weighted by molar-refractivity contribution is -0.139. The maximum absolute atomic E-state index is 13.2. The minimum atomic E-state index is -0.497. The fourth-order valence-corrected chi connectivity index (χ4v) is 3.90. The van der Waals surface area contributed by atoms with Gasteiger partial charge in [0.05, 0.1) is 5.75 Å². The number of halogens is 1. The van der Waals surface area contributed by atoms with Crippen LogP contribution in [0.3, 0.4) is 0 Å². The molecule has 0 saturated heterocycles. The molecule has 0 spiro atoms. The Morgan fingerprint density at radius 3 is 2.27 bits per heavy atom. The molecule has 0 saturated carbocycles. The van der Waals surface area contributed by atoms with Crippen LogP contribution in [0, 0.1) is 12.8 Å². The molecule has 2 rings (SSSR count). The smallest absolute Gasteiger partial charge is 0.242 e. The molecule has 0 aliphatic heterocycles. The van der Waals surface area contributed by atoms with Gasteiger partial charge in [0.25, 0.3) is 0 Å². The van der Waals surface area contributed by atoms with Crippen LogP contribution in [0.15, 0.2) is 53.4 Å². The average molecular weight is 447 g/mol. The predicted molar refractivity (Wildman–Crippen MR) is 126 cm³/mol. The Morgan fingerprint density at radius 1 is 1.07 bits per heavy atom. The van der Waals surface area contributed by atoms with Gasteiger partial charge < -0.3 is 10.2 Å². The summed E-state index contributed by atoms with van der Waals surface area (Å²) in [5, 5.41) is 3.66. The number of nitrogens with zero attached hydrogens (tertiary/aromatic N) is 1. The topological polar surface area (TPSA) is 49.4 Å². The van der Waals surface area contributed by atoms with Gasteiger partial charge in [-0.3, -0.25) is 9.59 Å². The number of carbonyl (C=O) groups excluding carboxylic acids is 2. The van der Waals surface area contributed by atoms with Gasteiger partial charge in [-0.1, -0.05) is 62.2 Å². The van der Waals surface area contributed by atoms with Crippen LogP contribution in [-0.4, -0.2) is 35.1 Å². The second kappa shape index (κ2) is 12.0. The highest BCUT2D eigenvalue weighted by molar-refractivity contribution is 8.00. The number of amides is 2. The van der Waals surface area contributed by atoms with Crippen LogP contribution in [0.1, 0.15) is 38.3 Å². The van der Waals surface area contributed by atoms with Crippen molar-refractivity contribution in [3.05, 3.63) is 64.7 Å². The standard InChI is InChI=1S/C24H31ClN2O2S/c1-5-22(24(29)26-14-17(2)3)27(15-19-8-6-18(4)7-9-19)23(28)16-30-21-12-10-20(25)11-13-21/h6-13,17,22H,5,14-16H2,1-4H3,(H,26,29)/t22-/m1/s1. The maximum Gasteiger partial charge on any atom is 0.242 e. The molecule has 2 aromatic rings. The van der Waals surface area contributed by atoms with Crippen LogP contribution < -0.4 is 5.32 Å². The van der Waals surface area contributed by atoms with E-state index in [4.69, 9.17) is 11.6 Å². The Hall–Kier alpha value is -1.98. The molecule has 0 fully saturated rings. The lowest BCUT2D eigenvalue weighted by Crippen LogP contribution is -2.50. The van der Waals surface area contributed by atoms with E-state index in [1.807, 2.05) is 62.4 Å². The SMILES string of the molecule is CC[C@H](C(=O)NCC(C)C)N(Cc1ccc(C)cc1)C(=O)CSc1ccc(Cl)cc1. The molecule has 0 aliphatic rings. The normalized spacial score (nSPS) is 11.9. The number of thioether (sulfide) groups is 1. The number of hydrogen-bond acceptors (Lipinski definition) is 3. The first-order valence-corrected chi connectivity index (χ1v) is 11.7. The van der Waals surface area contributed by atoms with E-state index >= 15 is 0 Å². The lowest BCUT2D eigenvalue weighted by atomic mass is 10.1. The van der Waals surface area contributed by atoms with Gasteiger partial charge in [-0.15, -0.1) is 11.8 Å². The summed E-state index contributed by atoms with van der Waals surface area (Å²) in [5.41, 5.74) is 2.18. The third-order valence-electron chi connectivity index (χ3n) is 4.72. The van der Waals surface area contributed by atoms with Crippen LogP contribution in [0.25, 0.3) is 0 Å². The molecular weight excluding hydrogens is 416 g/mol. The zero-order chi connectivity index (χ0) is 22.1. The van der Waals surface area contributed by atoms with E-state index < -0.39 is 6.04 Å². The van der Waals surface area contributed by atoms with E-state index in [0.29, 0.717) is 30.5 Å². The Labute approximate surface area is 189 Å². The number of benzene rings is 2. The van der Waals surface area contributed by atoms with E-state index in [1.165, 1.54) is 11.8 Å². The predicted octanol–water partition coefficient (Wildman–Crippen LogP) is 5.32. The van der Waals surface area contributed by atoms with Gasteiger partial charge in [0, 0.05) is 23.0 Å². The van der Waals surface area contributed by atoms with Crippen LogP contribution >= 0.6 is 23.4 Å². The summed E-state index contributed by atoms with van der Waals surface area (Å²) in [5.74, 6) is 0.472. The van der Waals surface area contributed by atoms with Gasteiger partial charge in [-0.2, -0.15) is 0 Å². The number of carbonyl (C=O) groups is 2. The van der Waals surface area contributed by atoms with Crippen molar-refractivity contribution < 1.29 is 9.59 Å². The lowest BCUT2D eigenvalue weighted by Gasteiger charge is -2.31. The fraction of sp³-hybridized carbons (Fsp3) is 0.417. The summed E-state index contributed by atoms with van der Waals surface area (Å²) in [7, 11) is 0. The number of nitrogens with one attached hydrogen (secondary N) is 1. The Kier molecular flexibility index (Phi) is 9.73. The average Bonchev–Trinajstić information content (AvgIpc) is 2.72. The largest absolute Gasteiger partial charge is 0.354 e. The maximum atomic E-state index is 13.2. The first-order valence-electron chi connectivity index (χ1n) is 10.3. The molecule has 0 heterocycles. The van der Waals surface area contributed by atoms with E-state index in [9.17, 15) is 9.59 Å². The number of rotatable bonds is 10. The minimum absolute atomic E-state index is 0.0536. The van der Waals surface area contributed by atoms with Gasteiger partial charge in [-0.05, 0) is 49.1 Å². The Morgan fingerprint density at radius 2 is 1.70 bits per heavy atom. The molecule has 1 N–H and O–H groups in total. The van der Waals surface area contributed by atoms with Crippen LogP contribution in [-0.2, 0) is 16.1 Å². The summed E-state index contributed by atoms with van der Waals surface area (Å²) in [6.07, 6.45) is 0.563. The third-order valence-corrected chi connectivity index (χ3v) is 5.97. The fourth-order valence-electron chi connectivity index (χ4n) is 2.99. The van der Waals surface area contributed by atoms with Crippen molar-refractivity contribution in [1.29, 1.82) is 0 Å². The zero-order valence-electron chi connectivity index (χ0n) is 18.2. The first kappa shape index (κ1) is 24.3. The van der Waals surface area contributed by atoms with Crippen molar-refractivity contribution >= 4 is 35.2 Å². The van der Waals surface area contributed by atoms with Crippen LogP contribution in [0.2, 0.25) is 5.02 Å². The summed E-state index contributed by atoms with van der Waals surface area (Å²) < 4.78 is 0. The van der Waals surface area contributed by atoms with E-state index in [-0.39, 0.29) is 17.6 Å². The second-order valence-corrected chi connectivity index (χ2v) is 9.30. The third kappa shape index (κ3) is 7.69. The van der Waals surface area contributed by atoms with E-state index in [2.05, 4.69) is 19.2 Å². The number of hydrogen-bond donors (Lipinski definition) is 1. The van der Waals surface area contributed by atoms with Crippen molar-refractivity contribution in [3.8, 4) is 0 Å². The molecule has 30 heavy (non-hydrogen) atoms. The highest BCUT2D eigenvalue weighted by atomic mass is 35.5. The van der Waals surface area contributed by atoms with Crippen LogP contribution in [0.5, 0.6) is 0 Å². The molecule has 6 heteroatoms. The van der Waals surface area contributed by atoms with Crippen molar-refractivity contribution in [2.45, 2.75) is 51.6 Å². The molecule has 162 valence electrons. The van der Waals surface area contributed by atoms with E-state index in [0.717, 1.165) is 16.0 Å². The molecule has 0 radical (unpaired) electrons. The van der Waals surface area contributed by atoms with Crippen LogP contribution in [0.4, 0.5) is 0 Å². The summed E-state index contributed by atoms with van der Waals surface area (Å²) >= 11 is 7.40. The second-order valence-electron chi connectivity index (χ2n) is 7.81. The van der Waals surface area contributed by atoms with Gasteiger partial charge in [-0.25, -0.2) is 0 Å². The van der Waals surface area contributed by atoms with Crippen molar-refractivity contribution in [1.82, 2.24) is 10.2 Å². The summed E-state index contributed by atoms with van der Waals surface area (Å²) in [6, 6.07) is 15.0. The van der Waals surface area contributed by atoms with Gasteiger partial charge in [0.15, 0.2) is 0 Å². The molecule has 2 amide bonds. The summed E-state index contributed by atoms with van der Waals surface area (Å²) in [4.78, 5) is 28.7. The number of aryl methyl sites for hydroxylation is 1. The molecule has 0 unspecified atom stereocenters. The molecule has 1 atom stereocenters. The first-order chi connectivity index (χ1) is 14.3. The van der Waals surface area contributed by atoms with Gasteiger partial charge in [0.1, 0.15) is 6.04 Å². The summed E-state index contributed by atoms with van der Waals surface area (Å²) in [6.45, 7) is 9.10.